The summed E-state index contributed by atoms with van der Waals surface area (Å²) >= 11 is 0. The molecular formula is C25H37NO5. The molecule has 0 bridgehead atoms. The van der Waals surface area contributed by atoms with E-state index in [-0.39, 0.29) is 17.6 Å². The van der Waals surface area contributed by atoms with Crippen molar-refractivity contribution >= 4 is 16.9 Å². The number of aromatic nitrogens is 1. The topological polar surface area (TPSA) is 77.6 Å². The number of hydrogen-bond donors (Lipinski definition) is 1. The van der Waals surface area contributed by atoms with Crippen LogP contribution in [0.15, 0.2) is 23.1 Å². The molecule has 0 aliphatic rings. The number of rotatable bonds is 15. The van der Waals surface area contributed by atoms with E-state index in [0.717, 1.165) is 12.8 Å². The van der Waals surface area contributed by atoms with Gasteiger partial charge in [-0.25, -0.2) is 4.79 Å². The monoisotopic (exact) mass is 431 g/mol. The van der Waals surface area contributed by atoms with Gasteiger partial charge in [0.2, 0.25) is 5.43 Å². The molecule has 0 aliphatic heterocycles. The SMILES string of the molecule is CCCCCCCCCCCCOc1cc2c(=O)c(C(=O)OCC)c[nH]c2cc1OC. The minimum Gasteiger partial charge on any atom is -0.493 e. The largest absolute Gasteiger partial charge is 0.493 e. The second-order valence-electron chi connectivity index (χ2n) is 7.83. The fourth-order valence-corrected chi connectivity index (χ4v) is 3.63. The number of H-pyrrole nitrogens is 1. The Bertz CT molecular complexity index is 874. The minimum atomic E-state index is -0.630. The number of carbonyl (C=O) groups excluding carboxylic acids is 1. The Balaban J connectivity index is 1.89. The molecule has 0 radical (unpaired) electrons. The molecule has 0 saturated carbocycles. The summed E-state index contributed by atoms with van der Waals surface area (Å²) in [5, 5.41) is 0.379. The van der Waals surface area contributed by atoms with E-state index in [1.807, 2.05) is 0 Å². The average Bonchev–Trinajstić information content (AvgIpc) is 2.77. The lowest BCUT2D eigenvalue weighted by Crippen LogP contribution is -2.18. The summed E-state index contributed by atoms with van der Waals surface area (Å²) in [5.74, 6) is 0.436. The zero-order valence-corrected chi connectivity index (χ0v) is 19.3. The third-order valence-electron chi connectivity index (χ3n) is 5.42. The van der Waals surface area contributed by atoms with Crippen molar-refractivity contribution in [3.8, 4) is 11.5 Å². The summed E-state index contributed by atoms with van der Waals surface area (Å²) < 4.78 is 16.3. The summed E-state index contributed by atoms with van der Waals surface area (Å²) in [6, 6.07) is 3.37. The van der Waals surface area contributed by atoms with E-state index in [1.54, 1.807) is 26.2 Å². The number of fused-ring (bicyclic) bond motifs is 1. The van der Waals surface area contributed by atoms with Crippen molar-refractivity contribution in [2.45, 2.75) is 78.1 Å². The number of pyridine rings is 1. The molecule has 0 fully saturated rings. The second kappa shape index (κ2) is 13.7. The number of benzene rings is 1. The molecule has 1 heterocycles. The molecule has 0 atom stereocenters. The van der Waals surface area contributed by atoms with E-state index >= 15 is 0 Å². The van der Waals surface area contributed by atoms with Crippen molar-refractivity contribution in [1.82, 2.24) is 4.98 Å². The average molecular weight is 432 g/mol. The minimum absolute atomic E-state index is 0.0137. The molecule has 0 aliphatic carbocycles. The highest BCUT2D eigenvalue weighted by molar-refractivity contribution is 5.94. The van der Waals surface area contributed by atoms with Crippen LogP contribution in [0.4, 0.5) is 0 Å². The smallest absolute Gasteiger partial charge is 0.343 e. The number of nitrogens with one attached hydrogen (secondary N) is 1. The van der Waals surface area contributed by atoms with Gasteiger partial charge in [-0.15, -0.1) is 0 Å². The first-order chi connectivity index (χ1) is 15.1. The summed E-state index contributed by atoms with van der Waals surface area (Å²) in [6.45, 7) is 4.73. The molecule has 0 amide bonds. The van der Waals surface area contributed by atoms with Gasteiger partial charge in [-0.05, 0) is 19.4 Å². The van der Waals surface area contributed by atoms with E-state index < -0.39 is 5.97 Å². The zero-order chi connectivity index (χ0) is 22.5. The van der Waals surface area contributed by atoms with Crippen molar-refractivity contribution in [3.63, 3.8) is 0 Å². The van der Waals surface area contributed by atoms with Crippen LogP contribution in [0.3, 0.4) is 0 Å². The first-order valence-electron chi connectivity index (χ1n) is 11.7. The van der Waals surface area contributed by atoms with Crippen LogP contribution < -0.4 is 14.9 Å². The van der Waals surface area contributed by atoms with Gasteiger partial charge in [-0.2, -0.15) is 0 Å². The van der Waals surface area contributed by atoms with Crippen LogP contribution in [-0.2, 0) is 4.74 Å². The Morgan fingerprint density at radius 1 is 0.903 bits per heavy atom. The Labute approximate surface area is 185 Å². The van der Waals surface area contributed by atoms with Gasteiger partial charge in [0.1, 0.15) is 5.56 Å². The molecule has 172 valence electrons. The van der Waals surface area contributed by atoms with Gasteiger partial charge < -0.3 is 19.2 Å². The third kappa shape index (κ3) is 7.60. The Kier molecular flexibility index (Phi) is 11.0. The first kappa shape index (κ1) is 24.8. The van der Waals surface area contributed by atoms with Gasteiger partial charge in [0.25, 0.3) is 0 Å². The molecule has 6 nitrogen and oxygen atoms in total. The van der Waals surface area contributed by atoms with E-state index in [1.165, 1.54) is 57.6 Å². The summed E-state index contributed by atoms with van der Waals surface area (Å²) in [4.78, 5) is 27.7. The molecule has 1 aromatic carbocycles. The van der Waals surface area contributed by atoms with E-state index in [9.17, 15) is 9.59 Å². The van der Waals surface area contributed by atoms with Crippen LogP contribution in [0.25, 0.3) is 10.9 Å². The van der Waals surface area contributed by atoms with Gasteiger partial charge in [0, 0.05) is 12.3 Å². The predicted octanol–water partition coefficient (Wildman–Crippen LogP) is 6.01. The van der Waals surface area contributed by atoms with Crippen molar-refractivity contribution in [2.75, 3.05) is 20.3 Å². The molecule has 1 N–H and O–H groups in total. The van der Waals surface area contributed by atoms with Crippen LogP contribution in [0, 0.1) is 0 Å². The number of carbonyl (C=O) groups is 1. The quantitative estimate of drug-likeness (QED) is 0.276. The number of aromatic amines is 1. The second-order valence-corrected chi connectivity index (χ2v) is 7.83. The highest BCUT2D eigenvalue weighted by Crippen LogP contribution is 2.31. The molecule has 0 unspecified atom stereocenters. The Morgan fingerprint density at radius 3 is 2.16 bits per heavy atom. The van der Waals surface area contributed by atoms with Gasteiger partial charge >= 0.3 is 5.97 Å². The third-order valence-corrected chi connectivity index (χ3v) is 5.42. The zero-order valence-electron chi connectivity index (χ0n) is 19.3. The van der Waals surface area contributed by atoms with E-state index in [4.69, 9.17) is 14.2 Å². The van der Waals surface area contributed by atoms with Crippen LogP contribution in [0.2, 0.25) is 0 Å². The maximum absolute atomic E-state index is 12.7. The lowest BCUT2D eigenvalue weighted by molar-refractivity contribution is 0.0524. The molecule has 2 aromatic rings. The number of unbranched alkanes of at least 4 members (excludes halogenated alkanes) is 9. The summed E-state index contributed by atoms with van der Waals surface area (Å²) in [6.07, 6.45) is 14.0. The molecule has 2 rings (SSSR count). The highest BCUT2D eigenvalue weighted by Gasteiger charge is 2.16. The van der Waals surface area contributed by atoms with Gasteiger partial charge in [0.05, 0.1) is 31.2 Å². The van der Waals surface area contributed by atoms with Crippen LogP contribution in [-0.4, -0.2) is 31.3 Å². The number of hydrogen-bond acceptors (Lipinski definition) is 5. The molecule has 31 heavy (non-hydrogen) atoms. The van der Waals surface area contributed by atoms with E-state index in [2.05, 4.69) is 11.9 Å². The van der Waals surface area contributed by atoms with Crippen LogP contribution in [0.1, 0.15) is 88.4 Å². The lowest BCUT2D eigenvalue weighted by atomic mass is 10.1. The van der Waals surface area contributed by atoms with Crippen molar-refractivity contribution in [3.05, 3.63) is 34.1 Å². The summed E-state index contributed by atoms with van der Waals surface area (Å²) in [7, 11) is 1.57. The standard InChI is InChI=1S/C25H37NO5/c1-4-6-7-8-9-10-11-12-13-14-15-31-23-16-19-21(17-22(23)29-3)26-18-20(24(19)27)25(28)30-5-2/h16-18H,4-15H2,1-3H3,(H,26,27). The van der Waals surface area contributed by atoms with Gasteiger partial charge in [-0.1, -0.05) is 64.7 Å². The Morgan fingerprint density at radius 2 is 1.55 bits per heavy atom. The number of methoxy groups -OCH3 is 1. The van der Waals surface area contributed by atoms with Crippen molar-refractivity contribution < 1.29 is 19.0 Å². The van der Waals surface area contributed by atoms with E-state index in [0.29, 0.717) is 29.0 Å². The fourth-order valence-electron chi connectivity index (χ4n) is 3.63. The number of esters is 1. The van der Waals surface area contributed by atoms with Gasteiger partial charge in [-0.3, -0.25) is 4.79 Å². The van der Waals surface area contributed by atoms with Gasteiger partial charge in [0.15, 0.2) is 11.5 Å². The normalized spacial score (nSPS) is 10.9. The Hall–Kier alpha value is -2.50. The summed E-state index contributed by atoms with van der Waals surface area (Å²) in [5.41, 5.74) is 0.194. The molecule has 6 heteroatoms. The maximum Gasteiger partial charge on any atom is 0.343 e. The molecule has 0 spiro atoms. The molecule has 1 aromatic heterocycles. The highest BCUT2D eigenvalue weighted by atomic mass is 16.5. The lowest BCUT2D eigenvalue weighted by Gasteiger charge is -2.12. The number of ether oxygens (including phenoxy) is 3. The van der Waals surface area contributed by atoms with Crippen LogP contribution in [0.5, 0.6) is 11.5 Å². The molecular weight excluding hydrogens is 394 g/mol. The molecule has 0 saturated heterocycles. The predicted molar refractivity (Wildman–Crippen MR) is 124 cm³/mol. The van der Waals surface area contributed by atoms with Crippen LogP contribution >= 0.6 is 0 Å². The maximum atomic E-state index is 12.7. The fraction of sp³-hybridized carbons (Fsp3) is 0.600. The first-order valence-corrected chi connectivity index (χ1v) is 11.7. The van der Waals surface area contributed by atoms with Crippen molar-refractivity contribution in [1.29, 1.82) is 0 Å². The van der Waals surface area contributed by atoms with Crippen molar-refractivity contribution in [2.24, 2.45) is 0 Å².